The first-order chi connectivity index (χ1) is 13.7. The van der Waals surface area contributed by atoms with Crippen molar-refractivity contribution in [3.05, 3.63) is 69.9 Å². The summed E-state index contributed by atoms with van der Waals surface area (Å²) in [5.74, 6) is -1.59. The second-order valence-corrected chi connectivity index (χ2v) is 9.71. The van der Waals surface area contributed by atoms with Gasteiger partial charge in [0.1, 0.15) is 21.7 Å². The molecule has 0 heterocycles. The summed E-state index contributed by atoms with van der Waals surface area (Å²) in [6.07, 6.45) is 1.42. The van der Waals surface area contributed by atoms with Crippen LogP contribution in [-0.2, 0) is 21.1 Å². The van der Waals surface area contributed by atoms with E-state index < -0.39 is 27.7 Å². The lowest BCUT2D eigenvalue weighted by molar-refractivity contribution is -0.122. The molecular formula is C20H22BrFN2O4S. The van der Waals surface area contributed by atoms with Crippen molar-refractivity contribution in [1.29, 1.82) is 0 Å². The quantitative estimate of drug-likeness (QED) is 0.571. The molecule has 2 aromatic rings. The second kappa shape index (κ2) is 10.5. The Morgan fingerprint density at radius 1 is 1.14 bits per heavy atom. The summed E-state index contributed by atoms with van der Waals surface area (Å²) in [7, 11) is -3.31. The normalized spacial score (nSPS) is 12.2. The minimum absolute atomic E-state index is 0.0547. The molecule has 29 heavy (non-hydrogen) atoms. The first-order valence-electron chi connectivity index (χ1n) is 8.91. The van der Waals surface area contributed by atoms with Crippen LogP contribution in [0.3, 0.4) is 0 Å². The van der Waals surface area contributed by atoms with Gasteiger partial charge in [-0.05, 0) is 58.6 Å². The standard InChI is InChI=1S/C20H22BrFN2O4S/c1-29(27,28)12-10-18(24-19(25)16-7-2-3-8-17(16)21)20(26)23-11-9-14-5-4-6-15(22)13-14/h2-8,13,18H,9-12H2,1H3,(H,23,26)(H,24,25). The van der Waals surface area contributed by atoms with Crippen molar-refractivity contribution in [3.8, 4) is 0 Å². The van der Waals surface area contributed by atoms with Crippen LogP contribution in [0.15, 0.2) is 53.0 Å². The van der Waals surface area contributed by atoms with E-state index in [9.17, 15) is 22.4 Å². The number of carbonyl (C=O) groups is 2. The zero-order chi connectivity index (χ0) is 21.4. The molecule has 9 heteroatoms. The van der Waals surface area contributed by atoms with Crippen molar-refractivity contribution < 1.29 is 22.4 Å². The van der Waals surface area contributed by atoms with Crippen LogP contribution >= 0.6 is 15.9 Å². The summed E-state index contributed by atoms with van der Waals surface area (Å²) in [4.78, 5) is 25.1. The number of hydrogen-bond acceptors (Lipinski definition) is 4. The lowest BCUT2D eigenvalue weighted by Crippen LogP contribution is -2.48. The number of benzene rings is 2. The van der Waals surface area contributed by atoms with Gasteiger partial charge < -0.3 is 10.6 Å². The molecule has 0 radical (unpaired) electrons. The Morgan fingerprint density at radius 3 is 2.52 bits per heavy atom. The van der Waals surface area contributed by atoms with Crippen LogP contribution in [0.1, 0.15) is 22.3 Å². The van der Waals surface area contributed by atoms with Crippen molar-refractivity contribution in [2.24, 2.45) is 0 Å². The van der Waals surface area contributed by atoms with Crippen molar-refractivity contribution in [2.45, 2.75) is 18.9 Å². The van der Waals surface area contributed by atoms with Crippen LogP contribution in [0.25, 0.3) is 0 Å². The number of halogens is 2. The predicted octanol–water partition coefficient (Wildman–Crippen LogP) is 2.48. The minimum Gasteiger partial charge on any atom is -0.354 e. The molecule has 0 bridgehead atoms. The zero-order valence-electron chi connectivity index (χ0n) is 15.8. The van der Waals surface area contributed by atoms with Gasteiger partial charge in [-0.1, -0.05) is 24.3 Å². The summed E-state index contributed by atoms with van der Waals surface area (Å²) in [5, 5.41) is 5.27. The van der Waals surface area contributed by atoms with E-state index in [1.807, 2.05) is 0 Å². The third-order valence-electron chi connectivity index (χ3n) is 4.12. The summed E-state index contributed by atoms with van der Waals surface area (Å²) < 4.78 is 36.8. The van der Waals surface area contributed by atoms with Crippen LogP contribution in [0.2, 0.25) is 0 Å². The molecule has 2 N–H and O–H groups in total. The van der Waals surface area contributed by atoms with Gasteiger partial charge in [-0.15, -0.1) is 0 Å². The number of hydrogen-bond donors (Lipinski definition) is 2. The Hall–Kier alpha value is -2.26. The lowest BCUT2D eigenvalue weighted by Gasteiger charge is -2.18. The number of rotatable bonds is 9. The maximum absolute atomic E-state index is 13.2. The third-order valence-corrected chi connectivity index (χ3v) is 5.79. The molecule has 156 valence electrons. The van der Waals surface area contributed by atoms with Gasteiger partial charge in [0, 0.05) is 17.3 Å². The van der Waals surface area contributed by atoms with Gasteiger partial charge in [0.15, 0.2) is 0 Å². The Labute approximate surface area is 177 Å². The number of carbonyl (C=O) groups excluding carboxylic acids is 2. The highest BCUT2D eigenvalue weighted by Gasteiger charge is 2.23. The number of amides is 2. The van der Waals surface area contributed by atoms with E-state index in [0.29, 0.717) is 16.5 Å². The van der Waals surface area contributed by atoms with Crippen LogP contribution < -0.4 is 10.6 Å². The fraction of sp³-hybridized carbons (Fsp3) is 0.300. The topological polar surface area (TPSA) is 92.3 Å². The molecule has 1 atom stereocenters. The maximum atomic E-state index is 13.2. The Kier molecular flexibility index (Phi) is 8.33. The van der Waals surface area contributed by atoms with E-state index >= 15 is 0 Å². The average Bonchev–Trinajstić information content (AvgIpc) is 2.64. The molecule has 0 spiro atoms. The smallest absolute Gasteiger partial charge is 0.253 e. The molecular weight excluding hydrogens is 463 g/mol. The van der Waals surface area contributed by atoms with E-state index in [1.54, 1.807) is 36.4 Å². The first kappa shape index (κ1) is 23.0. The van der Waals surface area contributed by atoms with Crippen LogP contribution in [0, 0.1) is 5.82 Å². The Bertz CT molecular complexity index is 982. The lowest BCUT2D eigenvalue weighted by atomic mass is 10.1. The molecule has 1 unspecified atom stereocenters. The highest BCUT2D eigenvalue weighted by atomic mass is 79.9. The fourth-order valence-electron chi connectivity index (χ4n) is 2.63. The van der Waals surface area contributed by atoms with Crippen molar-refractivity contribution in [3.63, 3.8) is 0 Å². The van der Waals surface area contributed by atoms with Gasteiger partial charge in [-0.2, -0.15) is 0 Å². The molecule has 2 amide bonds. The van der Waals surface area contributed by atoms with E-state index in [-0.39, 0.29) is 24.5 Å². The van der Waals surface area contributed by atoms with Crippen molar-refractivity contribution in [1.82, 2.24) is 10.6 Å². The van der Waals surface area contributed by atoms with Crippen molar-refractivity contribution >= 4 is 37.6 Å². The molecule has 0 saturated carbocycles. The van der Waals surface area contributed by atoms with Crippen molar-refractivity contribution in [2.75, 3.05) is 18.6 Å². The Balaban J connectivity index is 2.02. The molecule has 0 aliphatic carbocycles. The van der Waals surface area contributed by atoms with Gasteiger partial charge in [0.05, 0.1) is 11.3 Å². The molecule has 0 fully saturated rings. The second-order valence-electron chi connectivity index (χ2n) is 6.60. The summed E-state index contributed by atoms with van der Waals surface area (Å²) in [5.41, 5.74) is 1.06. The van der Waals surface area contributed by atoms with E-state index in [4.69, 9.17) is 0 Å². The van der Waals surface area contributed by atoms with E-state index in [0.717, 1.165) is 11.8 Å². The van der Waals surface area contributed by atoms with E-state index in [2.05, 4.69) is 26.6 Å². The van der Waals surface area contributed by atoms with Crippen LogP contribution in [-0.4, -0.2) is 44.8 Å². The highest BCUT2D eigenvalue weighted by molar-refractivity contribution is 9.10. The molecule has 0 aromatic heterocycles. The van der Waals surface area contributed by atoms with Crippen LogP contribution in [0.5, 0.6) is 0 Å². The van der Waals surface area contributed by atoms with E-state index in [1.165, 1.54) is 12.1 Å². The molecule has 0 aliphatic heterocycles. The molecule has 0 saturated heterocycles. The third kappa shape index (κ3) is 7.94. The molecule has 6 nitrogen and oxygen atoms in total. The SMILES string of the molecule is CS(=O)(=O)CCC(NC(=O)c1ccccc1Br)C(=O)NCCc1cccc(F)c1. The average molecular weight is 485 g/mol. The molecule has 2 aromatic carbocycles. The number of nitrogens with one attached hydrogen (secondary N) is 2. The zero-order valence-corrected chi connectivity index (χ0v) is 18.2. The van der Waals surface area contributed by atoms with Gasteiger partial charge in [0.25, 0.3) is 5.91 Å². The summed E-state index contributed by atoms with van der Waals surface area (Å²) in [6.45, 7) is 0.225. The predicted molar refractivity (Wildman–Crippen MR) is 113 cm³/mol. The van der Waals surface area contributed by atoms with Crippen LogP contribution in [0.4, 0.5) is 4.39 Å². The first-order valence-corrected chi connectivity index (χ1v) is 11.8. The molecule has 2 rings (SSSR count). The maximum Gasteiger partial charge on any atom is 0.253 e. The van der Waals surface area contributed by atoms with Gasteiger partial charge in [-0.25, -0.2) is 12.8 Å². The summed E-state index contributed by atoms with van der Waals surface area (Å²) in [6, 6.07) is 11.7. The van der Waals surface area contributed by atoms with Gasteiger partial charge in [-0.3, -0.25) is 9.59 Å². The molecule has 0 aliphatic rings. The summed E-state index contributed by atoms with van der Waals surface area (Å²) >= 11 is 3.28. The highest BCUT2D eigenvalue weighted by Crippen LogP contribution is 2.16. The minimum atomic E-state index is -3.31. The monoisotopic (exact) mass is 484 g/mol. The van der Waals surface area contributed by atoms with Gasteiger partial charge >= 0.3 is 0 Å². The number of sulfone groups is 1. The van der Waals surface area contributed by atoms with Gasteiger partial charge in [0.2, 0.25) is 5.91 Å². The fourth-order valence-corrected chi connectivity index (χ4v) is 3.76. The largest absolute Gasteiger partial charge is 0.354 e. The Morgan fingerprint density at radius 2 is 1.86 bits per heavy atom.